The van der Waals surface area contributed by atoms with Crippen LogP contribution >= 0.6 is 0 Å². The van der Waals surface area contributed by atoms with E-state index in [4.69, 9.17) is 10.5 Å². The molecule has 0 bridgehead atoms. The van der Waals surface area contributed by atoms with Crippen LogP contribution in [-0.4, -0.2) is 50.3 Å². The number of ether oxygens (including phenoxy) is 1. The highest BCUT2D eigenvalue weighted by Gasteiger charge is 2.25. The van der Waals surface area contributed by atoms with Gasteiger partial charge in [0.05, 0.1) is 6.54 Å². The van der Waals surface area contributed by atoms with E-state index in [1.807, 2.05) is 7.05 Å². The van der Waals surface area contributed by atoms with E-state index in [1.54, 1.807) is 0 Å². The van der Waals surface area contributed by atoms with Crippen molar-refractivity contribution in [2.24, 2.45) is 11.1 Å². The Hall–Kier alpha value is -0.810. The summed E-state index contributed by atoms with van der Waals surface area (Å²) in [4.78, 5) is 13.0. The molecule has 0 aromatic carbocycles. The first-order valence-electron chi connectivity index (χ1n) is 5.26. The minimum atomic E-state index is -0.313. The summed E-state index contributed by atoms with van der Waals surface area (Å²) in [5.41, 5.74) is 5.76. The fourth-order valence-electron chi connectivity index (χ4n) is 1.74. The molecule has 1 heterocycles. The van der Waals surface area contributed by atoms with Gasteiger partial charge in [0.2, 0.25) is 0 Å². The van der Waals surface area contributed by atoms with E-state index >= 15 is 0 Å². The van der Waals surface area contributed by atoms with Crippen molar-refractivity contribution in [2.75, 3.05) is 33.2 Å². The number of carbonyl (C=O) groups is 1. The van der Waals surface area contributed by atoms with E-state index in [9.17, 15) is 4.79 Å². The van der Waals surface area contributed by atoms with Gasteiger partial charge in [0, 0.05) is 13.1 Å². The van der Waals surface area contributed by atoms with E-state index < -0.39 is 0 Å². The molecule has 1 rings (SSSR count). The van der Waals surface area contributed by atoms with Crippen LogP contribution in [-0.2, 0) is 4.74 Å². The summed E-state index contributed by atoms with van der Waals surface area (Å²) in [7, 11) is 2.02. The molecule has 0 aromatic heterocycles. The summed E-state index contributed by atoms with van der Waals surface area (Å²) < 4.78 is 5.06. The Balaban J connectivity index is 2.29. The van der Waals surface area contributed by atoms with Gasteiger partial charge in [-0.15, -0.1) is 0 Å². The third-order valence-corrected chi connectivity index (χ3v) is 2.51. The molecule has 0 spiro atoms. The third kappa shape index (κ3) is 4.05. The maximum Gasteiger partial charge on any atom is 0.407 e. The van der Waals surface area contributed by atoms with Gasteiger partial charge in [0.25, 0.3) is 0 Å². The van der Waals surface area contributed by atoms with Crippen LogP contribution in [0.25, 0.3) is 0 Å². The summed E-state index contributed by atoms with van der Waals surface area (Å²) in [6.07, 6.45) is -0.345. The summed E-state index contributed by atoms with van der Waals surface area (Å²) in [6.45, 7) is 7.16. The smallest absolute Gasteiger partial charge is 0.407 e. The number of nitrogens with two attached hydrogens (primary N) is 1. The second kappa shape index (κ2) is 4.81. The van der Waals surface area contributed by atoms with Gasteiger partial charge in [-0.1, -0.05) is 13.8 Å². The number of nitrogens with one attached hydrogen (secondary N) is 1. The number of likely N-dealkylation sites (N-methyl/N-ethyl adjacent to an activating group) is 1. The van der Waals surface area contributed by atoms with Crippen LogP contribution in [0.4, 0.5) is 4.79 Å². The zero-order chi connectivity index (χ0) is 11.5. The number of carbonyl (C=O) groups excluding carboxylic acids is 1. The van der Waals surface area contributed by atoms with Gasteiger partial charge in [-0.05, 0) is 19.0 Å². The molecule has 1 saturated heterocycles. The number of hydrogen-bond donors (Lipinski definition) is 2. The first-order valence-corrected chi connectivity index (χ1v) is 5.26. The lowest BCUT2D eigenvalue weighted by Crippen LogP contribution is -2.40. The van der Waals surface area contributed by atoms with Crippen LogP contribution in [0, 0.1) is 5.41 Å². The van der Waals surface area contributed by atoms with Crippen molar-refractivity contribution in [3.8, 4) is 0 Å². The van der Waals surface area contributed by atoms with Gasteiger partial charge in [-0.3, -0.25) is 0 Å². The molecule has 88 valence electrons. The van der Waals surface area contributed by atoms with Crippen molar-refractivity contribution in [2.45, 2.75) is 20.0 Å². The van der Waals surface area contributed by atoms with Gasteiger partial charge in [0.15, 0.2) is 0 Å². The van der Waals surface area contributed by atoms with Gasteiger partial charge in [0.1, 0.15) is 6.10 Å². The van der Waals surface area contributed by atoms with Crippen molar-refractivity contribution in [3.05, 3.63) is 0 Å². The molecule has 0 radical (unpaired) electrons. The number of amides is 1. The molecule has 1 aliphatic heterocycles. The first kappa shape index (κ1) is 12.3. The van der Waals surface area contributed by atoms with E-state index in [2.05, 4.69) is 24.1 Å². The van der Waals surface area contributed by atoms with Crippen LogP contribution in [0.15, 0.2) is 0 Å². The molecular formula is C10H21N3O2. The zero-order valence-electron chi connectivity index (χ0n) is 9.75. The van der Waals surface area contributed by atoms with Crippen molar-refractivity contribution >= 4 is 6.09 Å². The van der Waals surface area contributed by atoms with E-state index in [0.29, 0.717) is 13.1 Å². The highest BCUT2D eigenvalue weighted by molar-refractivity contribution is 5.69. The fraction of sp³-hybridized carbons (Fsp3) is 0.900. The van der Waals surface area contributed by atoms with Gasteiger partial charge < -0.3 is 20.7 Å². The molecule has 0 aromatic rings. The second-order valence-electron chi connectivity index (χ2n) is 4.97. The minimum Gasteiger partial charge on any atom is -0.443 e. The number of hydrogen-bond acceptors (Lipinski definition) is 4. The van der Waals surface area contributed by atoms with Crippen LogP contribution in [0.1, 0.15) is 13.8 Å². The molecule has 3 N–H and O–H groups in total. The molecule has 5 heteroatoms. The molecular weight excluding hydrogens is 194 g/mol. The molecule has 0 aliphatic carbocycles. The third-order valence-electron chi connectivity index (χ3n) is 2.51. The minimum absolute atomic E-state index is 0.0314. The molecule has 1 atom stereocenters. The lowest BCUT2D eigenvalue weighted by Gasteiger charge is -2.29. The SMILES string of the molecule is CN(CC1CNC(=O)O1)CC(C)(C)CN. The van der Waals surface area contributed by atoms with Crippen LogP contribution < -0.4 is 11.1 Å². The van der Waals surface area contributed by atoms with Crippen molar-refractivity contribution < 1.29 is 9.53 Å². The quantitative estimate of drug-likeness (QED) is 0.678. The summed E-state index contributed by atoms with van der Waals surface area (Å²) in [5, 5.41) is 2.64. The molecule has 1 unspecified atom stereocenters. The molecule has 15 heavy (non-hydrogen) atoms. The van der Waals surface area contributed by atoms with Crippen molar-refractivity contribution in [1.29, 1.82) is 0 Å². The highest BCUT2D eigenvalue weighted by atomic mass is 16.6. The molecule has 5 nitrogen and oxygen atoms in total. The summed E-state index contributed by atoms with van der Waals surface area (Å²) >= 11 is 0. The van der Waals surface area contributed by atoms with E-state index in [0.717, 1.165) is 13.1 Å². The predicted molar refractivity (Wildman–Crippen MR) is 58.6 cm³/mol. The lowest BCUT2D eigenvalue weighted by atomic mass is 9.93. The fourth-order valence-corrected chi connectivity index (χ4v) is 1.74. The lowest BCUT2D eigenvalue weighted by molar-refractivity contribution is 0.104. The summed E-state index contributed by atoms with van der Waals surface area (Å²) in [5.74, 6) is 0. The van der Waals surface area contributed by atoms with Gasteiger partial charge in [-0.25, -0.2) is 4.79 Å². The number of cyclic esters (lactones) is 1. The largest absolute Gasteiger partial charge is 0.443 e. The van der Waals surface area contributed by atoms with Crippen molar-refractivity contribution in [3.63, 3.8) is 0 Å². The Morgan fingerprint density at radius 3 is 2.80 bits per heavy atom. The second-order valence-corrected chi connectivity index (χ2v) is 4.97. The Morgan fingerprint density at radius 2 is 2.33 bits per heavy atom. The average Bonchev–Trinajstić information content (AvgIpc) is 2.50. The van der Waals surface area contributed by atoms with Crippen LogP contribution in [0.5, 0.6) is 0 Å². The number of alkyl carbamates (subject to hydrolysis) is 1. The van der Waals surface area contributed by atoms with Gasteiger partial charge in [-0.2, -0.15) is 0 Å². The Bertz CT molecular complexity index is 231. The van der Waals surface area contributed by atoms with Gasteiger partial charge >= 0.3 is 6.09 Å². The normalized spacial score (nSPS) is 21.7. The first-order chi connectivity index (χ1) is 6.93. The Kier molecular flexibility index (Phi) is 3.93. The van der Waals surface area contributed by atoms with E-state index in [-0.39, 0.29) is 17.6 Å². The molecule has 1 fully saturated rings. The number of nitrogens with zero attached hydrogens (tertiary/aromatic N) is 1. The topological polar surface area (TPSA) is 67.6 Å². The summed E-state index contributed by atoms with van der Waals surface area (Å²) in [6, 6.07) is 0. The molecule has 1 aliphatic rings. The molecule has 0 saturated carbocycles. The molecule has 1 amide bonds. The average molecular weight is 215 g/mol. The van der Waals surface area contributed by atoms with Crippen LogP contribution in [0.2, 0.25) is 0 Å². The van der Waals surface area contributed by atoms with Crippen LogP contribution in [0.3, 0.4) is 0 Å². The zero-order valence-corrected chi connectivity index (χ0v) is 9.75. The highest BCUT2D eigenvalue weighted by Crippen LogP contribution is 2.14. The standard InChI is InChI=1S/C10H21N3O2/c1-10(2,6-11)7-13(3)5-8-4-12-9(14)15-8/h8H,4-7,11H2,1-3H3,(H,12,14). The number of rotatable bonds is 5. The Morgan fingerprint density at radius 1 is 1.67 bits per heavy atom. The van der Waals surface area contributed by atoms with E-state index in [1.165, 1.54) is 0 Å². The maximum atomic E-state index is 10.8. The monoisotopic (exact) mass is 215 g/mol. The van der Waals surface area contributed by atoms with Crippen molar-refractivity contribution in [1.82, 2.24) is 10.2 Å². The predicted octanol–water partition coefficient (Wildman–Crippen LogP) is 0.0115. The Labute approximate surface area is 90.9 Å². The maximum absolute atomic E-state index is 10.8.